The Kier molecular flexibility index (Phi) is 4.03. The number of methoxy groups -OCH3 is 1. The minimum atomic E-state index is -3.63. The zero-order valence-electron chi connectivity index (χ0n) is 12.4. The summed E-state index contributed by atoms with van der Waals surface area (Å²) >= 11 is 0. The molecule has 0 fully saturated rings. The first-order valence-electron chi connectivity index (χ1n) is 6.85. The first kappa shape index (κ1) is 15.1. The van der Waals surface area contributed by atoms with E-state index in [1.165, 1.54) is 19.2 Å². The highest BCUT2D eigenvalue weighted by Gasteiger charge is 2.14. The van der Waals surface area contributed by atoms with Gasteiger partial charge in [0.2, 0.25) is 0 Å². The van der Waals surface area contributed by atoms with Gasteiger partial charge in [-0.2, -0.15) is 5.10 Å². The largest absolute Gasteiger partial charge is 0.497 e. The van der Waals surface area contributed by atoms with Crippen LogP contribution in [0.5, 0.6) is 5.75 Å². The van der Waals surface area contributed by atoms with E-state index in [0.29, 0.717) is 11.4 Å². The molecule has 3 aromatic rings. The van der Waals surface area contributed by atoms with Crippen LogP contribution in [0.25, 0.3) is 5.69 Å². The van der Waals surface area contributed by atoms with Crippen molar-refractivity contribution in [3.8, 4) is 11.4 Å². The van der Waals surface area contributed by atoms with Gasteiger partial charge in [-0.05, 0) is 54.6 Å². The second kappa shape index (κ2) is 6.13. The highest BCUT2D eigenvalue weighted by atomic mass is 32.2. The summed E-state index contributed by atoms with van der Waals surface area (Å²) in [6, 6.07) is 15.0. The molecule has 1 heterocycles. The average Bonchev–Trinajstić information content (AvgIpc) is 3.10. The van der Waals surface area contributed by atoms with Crippen molar-refractivity contribution in [2.75, 3.05) is 11.8 Å². The summed E-state index contributed by atoms with van der Waals surface area (Å²) in [6.45, 7) is 0. The van der Waals surface area contributed by atoms with Gasteiger partial charge in [0, 0.05) is 18.1 Å². The van der Waals surface area contributed by atoms with Gasteiger partial charge in [-0.15, -0.1) is 0 Å². The Labute approximate surface area is 134 Å². The first-order chi connectivity index (χ1) is 11.1. The highest BCUT2D eigenvalue weighted by molar-refractivity contribution is 7.92. The summed E-state index contributed by atoms with van der Waals surface area (Å²) in [7, 11) is -2.10. The van der Waals surface area contributed by atoms with Crippen LogP contribution in [-0.4, -0.2) is 25.3 Å². The third kappa shape index (κ3) is 3.35. The van der Waals surface area contributed by atoms with E-state index in [9.17, 15) is 8.42 Å². The number of anilines is 1. The van der Waals surface area contributed by atoms with E-state index >= 15 is 0 Å². The summed E-state index contributed by atoms with van der Waals surface area (Å²) in [6.07, 6.45) is 3.50. The predicted molar refractivity (Wildman–Crippen MR) is 87.4 cm³/mol. The molecule has 118 valence electrons. The quantitative estimate of drug-likeness (QED) is 0.781. The zero-order valence-corrected chi connectivity index (χ0v) is 13.2. The fraction of sp³-hybridized carbons (Fsp3) is 0.0625. The van der Waals surface area contributed by atoms with E-state index in [2.05, 4.69) is 9.82 Å². The summed E-state index contributed by atoms with van der Waals surface area (Å²) < 4.78 is 34.0. The Morgan fingerprint density at radius 2 is 1.74 bits per heavy atom. The predicted octanol–water partition coefficient (Wildman–Crippen LogP) is 2.68. The molecular weight excluding hydrogens is 314 g/mol. The second-order valence-electron chi connectivity index (χ2n) is 4.78. The Balaban J connectivity index is 1.79. The molecule has 0 bridgehead atoms. The molecule has 3 rings (SSSR count). The fourth-order valence-electron chi connectivity index (χ4n) is 2.07. The van der Waals surface area contributed by atoms with E-state index in [-0.39, 0.29) is 4.90 Å². The molecule has 1 aromatic heterocycles. The van der Waals surface area contributed by atoms with E-state index < -0.39 is 10.0 Å². The molecule has 2 aromatic carbocycles. The van der Waals surface area contributed by atoms with Crippen LogP contribution < -0.4 is 9.46 Å². The summed E-state index contributed by atoms with van der Waals surface area (Å²) in [4.78, 5) is 0.175. The maximum absolute atomic E-state index is 12.3. The number of ether oxygens (including phenoxy) is 1. The van der Waals surface area contributed by atoms with Crippen LogP contribution in [0.15, 0.2) is 71.9 Å². The van der Waals surface area contributed by atoms with Gasteiger partial charge in [0.15, 0.2) is 0 Å². The standard InChI is InChI=1S/C16H15N3O3S/c1-22-15-7-9-16(10-8-15)23(20,21)18-13-3-5-14(6-4-13)19-12-2-11-17-19/h2-12,18H,1H3. The van der Waals surface area contributed by atoms with E-state index in [1.807, 2.05) is 12.3 Å². The molecule has 0 saturated carbocycles. The minimum Gasteiger partial charge on any atom is -0.497 e. The van der Waals surface area contributed by atoms with Crippen molar-refractivity contribution in [1.82, 2.24) is 9.78 Å². The van der Waals surface area contributed by atoms with Crippen molar-refractivity contribution in [2.24, 2.45) is 0 Å². The molecule has 0 spiro atoms. The van der Waals surface area contributed by atoms with Crippen molar-refractivity contribution in [2.45, 2.75) is 4.90 Å². The molecule has 6 nitrogen and oxygen atoms in total. The third-order valence-corrected chi connectivity index (χ3v) is 4.66. The van der Waals surface area contributed by atoms with Gasteiger partial charge in [0.25, 0.3) is 10.0 Å². The number of nitrogens with one attached hydrogen (secondary N) is 1. The molecule has 0 aliphatic heterocycles. The van der Waals surface area contributed by atoms with Crippen LogP contribution in [0.2, 0.25) is 0 Å². The van der Waals surface area contributed by atoms with Gasteiger partial charge < -0.3 is 4.74 Å². The van der Waals surface area contributed by atoms with Gasteiger partial charge in [-0.3, -0.25) is 4.72 Å². The number of aromatic nitrogens is 2. The SMILES string of the molecule is COc1ccc(S(=O)(=O)Nc2ccc(-n3cccn3)cc2)cc1. The monoisotopic (exact) mass is 329 g/mol. The maximum atomic E-state index is 12.3. The minimum absolute atomic E-state index is 0.175. The topological polar surface area (TPSA) is 73.2 Å². The van der Waals surface area contributed by atoms with Gasteiger partial charge in [0.1, 0.15) is 5.75 Å². The van der Waals surface area contributed by atoms with Crippen LogP contribution in [0.4, 0.5) is 5.69 Å². The molecule has 0 unspecified atom stereocenters. The fourth-order valence-corrected chi connectivity index (χ4v) is 3.13. The lowest BCUT2D eigenvalue weighted by atomic mass is 10.3. The number of hydrogen-bond acceptors (Lipinski definition) is 4. The van der Waals surface area contributed by atoms with Crippen LogP contribution in [0.3, 0.4) is 0 Å². The molecule has 7 heteroatoms. The number of hydrogen-bond donors (Lipinski definition) is 1. The van der Waals surface area contributed by atoms with Crippen molar-refractivity contribution in [3.05, 3.63) is 67.0 Å². The van der Waals surface area contributed by atoms with E-state index in [0.717, 1.165) is 5.69 Å². The van der Waals surface area contributed by atoms with Gasteiger partial charge in [-0.1, -0.05) is 0 Å². The number of rotatable bonds is 5. The average molecular weight is 329 g/mol. The normalized spacial score (nSPS) is 11.2. The number of sulfonamides is 1. The Bertz CT molecular complexity index is 871. The molecule has 1 N–H and O–H groups in total. The third-order valence-electron chi connectivity index (χ3n) is 3.26. The molecular formula is C16H15N3O3S. The van der Waals surface area contributed by atoms with Gasteiger partial charge in [0.05, 0.1) is 17.7 Å². The van der Waals surface area contributed by atoms with Crippen LogP contribution >= 0.6 is 0 Å². The van der Waals surface area contributed by atoms with Crippen molar-refractivity contribution < 1.29 is 13.2 Å². The summed E-state index contributed by atoms with van der Waals surface area (Å²) in [5, 5.41) is 4.12. The molecule has 0 aliphatic rings. The highest BCUT2D eigenvalue weighted by Crippen LogP contribution is 2.20. The first-order valence-corrected chi connectivity index (χ1v) is 8.34. The molecule has 0 saturated heterocycles. The number of nitrogens with zero attached hydrogens (tertiary/aromatic N) is 2. The smallest absolute Gasteiger partial charge is 0.261 e. The van der Waals surface area contributed by atoms with Crippen molar-refractivity contribution in [1.29, 1.82) is 0 Å². The molecule has 23 heavy (non-hydrogen) atoms. The van der Waals surface area contributed by atoms with Crippen LogP contribution in [0, 0.1) is 0 Å². The Morgan fingerprint density at radius 1 is 1.04 bits per heavy atom. The lowest BCUT2D eigenvalue weighted by Gasteiger charge is -2.09. The molecule has 0 amide bonds. The summed E-state index contributed by atoms with van der Waals surface area (Å²) in [5.41, 5.74) is 1.33. The summed E-state index contributed by atoms with van der Waals surface area (Å²) in [5.74, 6) is 0.604. The second-order valence-corrected chi connectivity index (χ2v) is 6.46. The maximum Gasteiger partial charge on any atom is 0.261 e. The van der Waals surface area contributed by atoms with Gasteiger partial charge in [-0.25, -0.2) is 13.1 Å². The van der Waals surface area contributed by atoms with Gasteiger partial charge >= 0.3 is 0 Å². The Morgan fingerprint density at radius 3 is 2.30 bits per heavy atom. The Hall–Kier alpha value is -2.80. The molecule has 0 aliphatic carbocycles. The molecule has 0 radical (unpaired) electrons. The lowest BCUT2D eigenvalue weighted by Crippen LogP contribution is -2.12. The number of benzene rings is 2. The molecule has 0 atom stereocenters. The van der Waals surface area contributed by atoms with E-state index in [1.54, 1.807) is 47.3 Å². The lowest BCUT2D eigenvalue weighted by molar-refractivity contribution is 0.414. The zero-order chi connectivity index (χ0) is 16.3. The van der Waals surface area contributed by atoms with E-state index in [4.69, 9.17) is 4.74 Å². The van der Waals surface area contributed by atoms with Crippen LogP contribution in [-0.2, 0) is 10.0 Å². The van der Waals surface area contributed by atoms with Crippen molar-refractivity contribution in [3.63, 3.8) is 0 Å². The van der Waals surface area contributed by atoms with Crippen molar-refractivity contribution >= 4 is 15.7 Å². The van der Waals surface area contributed by atoms with Crippen LogP contribution in [0.1, 0.15) is 0 Å².